The molecule has 2 heterocycles. The largest absolute Gasteiger partial charge is 0.504 e. The van der Waals surface area contributed by atoms with E-state index in [4.69, 9.17) is 9.47 Å². The first kappa shape index (κ1) is 23.5. The van der Waals surface area contributed by atoms with E-state index in [-0.39, 0.29) is 17.9 Å². The number of phenols is 1. The fourth-order valence-corrected chi connectivity index (χ4v) is 4.95. The zero-order chi connectivity index (χ0) is 24.4. The fourth-order valence-electron chi connectivity index (χ4n) is 3.90. The smallest absolute Gasteiger partial charge is 0.338 e. The quantitative estimate of drug-likeness (QED) is 0.550. The topological polar surface area (TPSA) is 90.1 Å². The monoisotopic (exact) mass is 478 g/mol. The lowest BCUT2D eigenvalue weighted by molar-refractivity contribution is -0.139. The molecule has 3 aromatic rings. The van der Waals surface area contributed by atoms with Crippen LogP contribution in [-0.4, -0.2) is 28.9 Å². The summed E-state index contributed by atoms with van der Waals surface area (Å²) in [7, 11) is 0. The molecule has 0 saturated carbocycles. The Morgan fingerprint density at radius 3 is 2.56 bits per heavy atom. The van der Waals surface area contributed by atoms with Gasteiger partial charge in [0, 0.05) is 0 Å². The number of benzene rings is 2. The van der Waals surface area contributed by atoms with Gasteiger partial charge in [-0.15, -0.1) is 0 Å². The summed E-state index contributed by atoms with van der Waals surface area (Å²) in [5, 5.41) is 9.99. The van der Waals surface area contributed by atoms with E-state index in [0.717, 1.165) is 11.1 Å². The first-order chi connectivity index (χ1) is 16.3. The number of aromatic nitrogens is 1. The minimum Gasteiger partial charge on any atom is -0.504 e. The van der Waals surface area contributed by atoms with Gasteiger partial charge < -0.3 is 14.6 Å². The number of allylic oxidation sites excluding steroid dienone is 1. The summed E-state index contributed by atoms with van der Waals surface area (Å²) in [5.74, 6) is -0.0972. The lowest BCUT2D eigenvalue weighted by atomic mass is 9.95. The van der Waals surface area contributed by atoms with Gasteiger partial charge in [0.1, 0.15) is 0 Å². The molecule has 0 fully saturated rings. The number of esters is 1. The summed E-state index contributed by atoms with van der Waals surface area (Å²) >= 11 is 1.25. The number of aryl methyl sites for hydroxylation is 1. The predicted octanol–water partition coefficient (Wildman–Crippen LogP) is 3.21. The number of phenolic OH excluding ortho intramolecular Hbond substituents is 1. The highest BCUT2D eigenvalue weighted by molar-refractivity contribution is 7.07. The van der Waals surface area contributed by atoms with Gasteiger partial charge in [-0.3, -0.25) is 9.36 Å². The van der Waals surface area contributed by atoms with Crippen molar-refractivity contribution in [1.29, 1.82) is 0 Å². The van der Waals surface area contributed by atoms with E-state index < -0.39 is 12.0 Å². The van der Waals surface area contributed by atoms with Crippen LogP contribution in [0.2, 0.25) is 0 Å². The van der Waals surface area contributed by atoms with Gasteiger partial charge in [0.25, 0.3) is 5.56 Å². The molecule has 0 spiro atoms. The number of aromatic hydroxyl groups is 1. The van der Waals surface area contributed by atoms with Crippen molar-refractivity contribution in [3.63, 3.8) is 0 Å². The number of carbonyl (C=O) groups excluding carboxylic acids is 1. The van der Waals surface area contributed by atoms with E-state index in [1.165, 1.54) is 17.4 Å². The second-order valence-corrected chi connectivity index (χ2v) is 8.88. The Bertz CT molecular complexity index is 1450. The van der Waals surface area contributed by atoms with Crippen molar-refractivity contribution in [3.05, 3.63) is 90.1 Å². The minimum absolute atomic E-state index is 0.0366. The molecule has 1 aliphatic rings. The third kappa shape index (κ3) is 4.41. The van der Waals surface area contributed by atoms with E-state index in [0.29, 0.717) is 38.5 Å². The van der Waals surface area contributed by atoms with E-state index in [9.17, 15) is 14.7 Å². The average Bonchev–Trinajstić information content (AvgIpc) is 3.10. The van der Waals surface area contributed by atoms with E-state index >= 15 is 0 Å². The first-order valence-electron chi connectivity index (χ1n) is 11.1. The number of carbonyl (C=O) groups is 1. The fraction of sp³-hybridized carbons (Fsp3) is 0.269. The summed E-state index contributed by atoms with van der Waals surface area (Å²) in [5.41, 5.74) is 3.22. The number of fused-ring (bicyclic) bond motifs is 1. The highest BCUT2D eigenvalue weighted by Crippen LogP contribution is 2.31. The predicted molar refractivity (Wildman–Crippen MR) is 131 cm³/mol. The third-order valence-electron chi connectivity index (χ3n) is 5.49. The second kappa shape index (κ2) is 9.69. The molecule has 176 valence electrons. The van der Waals surface area contributed by atoms with Gasteiger partial charge in [0.2, 0.25) is 0 Å². The molecular formula is C26H26N2O5S. The van der Waals surface area contributed by atoms with Crippen LogP contribution < -0.4 is 19.6 Å². The molecule has 1 aromatic heterocycles. The zero-order valence-corrected chi connectivity index (χ0v) is 20.3. The number of hydrogen-bond donors (Lipinski definition) is 1. The van der Waals surface area contributed by atoms with Crippen LogP contribution in [0.5, 0.6) is 11.5 Å². The van der Waals surface area contributed by atoms with Crippen molar-refractivity contribution < 1.29 is 19.4 Å². The molecule has 1 N–H and O–H groups in total. The van der Waals surface area contributed by atoms with Gasteiger partial charge in [0.05, 0.1) is 35.1 Å². The van der Waals surface area contributed by atoms with Crippen molar-refractivity contribution in [2.75, 3.05) is 13.2 Å². The van der Waals surface area contributed by atoms with Gasteiger partial charge in [-0.05, 0) is 57.0 Å². The summed E-state index contributed by atoms with van der Waals surface area (Å²) in [6.07, 6.45) is 1.74. The molecular weight excluding hydrogens is 452 g/mol. The van der Waals surface area contributed by atoms with Crippen molar-refractivity contribution >= 4 is 23.4 Å². The summed E-state index contributed by atoms with van der Waals surface area (Å²) in [6.45, 7) is 7.96. The van der Waals surface area contributed by atoms with Gasteiger partial charge >= 0.3 is 5.97 Å². The Morgan fingerprint density at radius 1 is 1.15 bits per heavy atom. The molecule has 4 rings (SSSR count). The molecule has 1 aliphatic heterocycles. The Hall–Kier alpha value is -3.65. The molecule has 1 atom stereocenters. The van der Waals surface area contributed by atoms with Crippen molar-refractivity contribution in [3.8, 4) is 11.5 Å². The third-order valence-corrected chi connectivity index (χ3v) is 6.47. The average molecular weight is 479 g/mol. The van der Waals surface area contributed by atoms with Crippen LogP contribution in [0.4, 0.5) is 0 Å². The van der Waals surface area contributed by atoms with Crippen LogP contribution in [0, 0.1) is 6.92 Å². The highest BCUT2D eigenvalue weighted by atomic mass is 32.1. The molecule has 0 unspecified atom stereocenters. The van der Waals surface area contributed by atoms with E-state index in [1.54, 1.807) is 36.6 Å². The molecule has 0 saturated heterocycles. The number of nitrogens with zero attached hydrogens (tertiary/aromatic N) is 2. The number of ether oxygens (including phenoxy) is 2. The standard InChI is InChI=1S/C26H26N2O5S/c1-5-32-20-13-17(9-12-19(20)29)14-21-24(30)28-23(18-10-7-15(3)8-11-18)22(25(31)33-6-2)16(4)27-26(28)34-21/h7-14,23,29H,5-6H2,1-4H3/b21-14-/t23-/m1/s1. The van der Waals surface area contributed by atoms with E-state index in [1.807, 2.05) is 38.1 Å². The Labute approximate surface area is 200 Å². The lowest BCUT2D eigenvalue weighted by Crippen LogP contribution is -2.39. The highest BCUT2D eigenvalue weighted by Gasteiger charge is 2.33. The van der Waals surface area contributed by atoms with Crippen molar-refractivity contribution in [1.82, 2.24) is 4.57 Å². The Morgan fingerprint density at radius 2 is 1.88 bits per heavy atom. The summed E-state index contributed by atoms with van der Waals surface area (Å²) in [4.78, 5) is 31.6. The van der Waals surface area contributed by atoms with Crippen LogP contribution in [0.15, 0.2) is 63.5 Å². The Balaban J connectivity index is 1.91. The summed E-state index contributed by atoms with van der Waals surface area (Å²) < 4.78 is 12.8. The number of hydrogen-bond acceptors (Lipinski definition) is 7. The van der Waals surface area contributed by atoms with E-state index in [2.05, 4.69) is 4.99 Å². The molecule has 34 heavy (non-hydrogen) atoms. The molecule has 7 nitrogen and oxygen atoms in total. The SMILES string of the molecule is CCOC(=O)C1=C(C)N=c2s/c(=C\c3ccc(O)c(OCC)c3)c(=O)n2[C@@H]1c1ccc(C)cc1. The van der Waals surface area contributed by atoms with Crippen LogP contribution in [0.1, 0.15) is 43.5 Å². The maximum atomic E-state index is 13.6. The molecule has 2 aromatic carbocycles. The number of rotatable bonds is 6. The zero-order valence-electron chi connectivity index (χ0n) is 19.5. The molecule has 0 aliphatic carbocycles. The second-order valence-electron chi connectivity index (χ2n) is 7.87. The van der Waals surface area contributed by atoms with Crippen LogP contribution in [0.25, 0.3) is 6.08 Å². The van der Waals surface area contributed by atoms with Crippen molar-refractivity contribution in [2.45, 2.75) is 33.7 Å². The molecule has 0 radical (unpaired) electrons. The minimum atomic E-state index is -0.642. The normalized spacial score (nSPS) is 15.6. The van der Waals surface area contributed by atoms with Gasteiger partial charge in [0.15, 0.2) is 16.3 Å². The summed E-state index contributed by atoms with van der Waals surface area (Å²) in [6, 6.07) is 12.0. The molecule has 0 bridgehead atoms. The van der Waals surface area contributed by atoms with Gasteiger partial charge in [-0.1, -0.05) is 47.2 Å². The maximum absolute atomic E-state index is 13.6. The first-order valence-corrected chi connectivity index (χ1v) is 11.9. The van der Waals surface area contributed by atoms with Crippen molar-refractivity contribution in [2.24, 2.45) is 4.99 Å². The Kier molecular flexibility index (Phi) is 6.70. The van der Waals surface area contributed by atoms with Crippen LogP contribution in [0.3, 0.4) is 0 Å². The van der Waals surface area contributed by atoms with Gasteiger partial charge in [-0.2, -0.15) is 0 Å². The van der Waals surface area contributed by atoms with Crippen LogP contribution >= 0.6 is 11.3 Å². The molecule has 8 heteroatoms. The lowest BCUT2D eigenvalue weighted by Gasteiger charge is -2.24. The maximum Gasteiger partial charge on any atom is 0.338 e. The van der Waals surface area contributed by atoms with Crippen LogP contribution in [-0.2, 0) is 9.53 Å². The number of thiazole rings is 1. The van der Waals surface area contributed by atoms with Gasteiger partial charge in [-0.25, -0.2) is 9.79 Å². The molecule has 0 amide bonds.